The van der Waals surface area contributed by atoms with Gasteiger partial charge in [0.2, 0.25) is 0 Å². The molecule has 0 aliphatic carbocycles. The van der Waals surface area contributed by atoms with E-state index >= 15 is 0 Å². The van der Waals surface area contributed by atoms with Crippen molar-refractivity contribution in [2.24, 2.45) is 0 Å². The molecule has 2 aromatic rings. The first-order valence-corrected chi connectivity index (χ1v) is 4.87. The zero-order chi connectivity index (χ0) is 11.4. The van der Waals surface area contributed by atoms with Gasteiger partial charge in [0.1, 0.15) is 5.82 Å². The minimum atomic E-state index is -0.265. The predicted octanol–water partition coefficient (Wildman–Crippen LogP) is 2.95. The lowest BCUT2D eigenvalue weighted by Gasteiger charge is -2.01. The summed E-state index contributed by atoms with van der Waals surface area (Å²) < 4.78 is 13.0. The summed E-state index contributed by atoms with van der Waals surface area (Å²) in [6.07, 6.45) is 1.95. The Morgan fingerprint density at radius 1 is 1.19 bits per heavy atom. The summed E-state index contributed by atoms with van der Waals surface area (Å²) >= 11 is 0. The molecule has 2 rings (SSSR count). The third kappa shape index (κ3) is 2.23. The lowest BCUT2D eigenvalue weighted by molar-refractivity contribution is 0.628. The summed E-state index contributed by atoms with van der Waals surface area (Å²) in [5, 5.41) is 8.50. The van der Waals surface area contributed by atoms with Crippen LogP contribution in [0.1, 0.15) is 5.69 Å². The van der Waals surface area contributed by atoms with Crippen LogP contribution in [-0.2, 0) is 6.42 Å². The number of aromatic nitrogens is 1. The Balaban J connectivity index is 2.32. The molecule has 1 heterocycles. The van der Waals surface area contributed by atoms with Gasteiger partial charge in [0.25, 0.3) is 0 Å². The van der Waals surface area contributed by atoms with Gasteiger partial charge in [-0.05, 0) is 23.8 Å². The van der Waals surface area contributed by atoms with Crippen LogP contribution in [0, 0.1) is 17.1 Å². The van der Waals surface area contributed by atoms with E-state index in [4.69, 9.17) is 5.26 Å². The molecule has 0 bridgehead atoms. The van der Waals surface area contributed by atoms with Crippen LogP contribution in [-0.4, -0.2) is 4.98 Å². The second-order valence-corrected chi connectivity index (χ2v) is 3.38. The second-order valence-electron chi connectivity index (χ2n) is 3.38. The van der Waals surface area contributed by atoms with Crippen LogP contribution in [0.25, 0.3) is 11.1 Å². The van der Waals surface area contributed by atoms with Crippen molar-refractivity contribution in [2.75, 3.05) is 0 Å². The Hall–Kier alpha value is -2.21. The minimum absolute atomic E-state index is 0.265. The van der Waals surface area contributed by atoms with Crippen molar-refractivity contribution in [3.05, 3.63) is 54.1 Å². The number of hydrogen-bond donors (Lipinski definition) is 0. The summed E-state index contributed by atoms with van der Waals surface area (Å²) in [5.41, 5.74) is 2.36. The van der Waals surface area contributed by atoms with Gasteiger partial charge in [-0.3, -0.25) is 4.98 Å². The topological polar surface area (TPSA) is 36.7 Å². The van der Waals surface area contributed by atoms with Gasteiger partial charge in [-0.2, -0.15) is 5.26 Å². The molecular weight excluding hydrogens is 203 g/mol. The molecule has 0 N–H and O–H groups in total. The predicted molar refractivity (Wildman–Crippen MR) is 58.9 cm³/mol. The van der Waals surface area contributed by atoms with E-state index in [1.807, 2.05) is 18.2 Å². The molecular formula is C13H9FN2. The van der Waals surface area contributed by atoms with Gasteiger partial charge in [0.05, 0.1) is 18.2 Å². The highest BCUT2D eigenvalue weighted by atomic mass is 19.1. The molecule has 0 saturated heterocycles. The van der Waals surface area contributed by atoms with Crippen molar-refractivity contribution < 1.29 is 4.39 Å². The molecule has 0 amide bonds. The summed E-state index contributed by atoms with van der Waals surface area (Å²) in [4.78, 5) is 4.13. The van der Waals surface area contributed by atoms with Crippen LogP contribution in [0.15, 0.2) is 42.6 Å². The molecule has 2 nitrogen and oxygen atoms in total. The van der Waals surface area contributed by atoms with Crippen LogP contribution in [0.5, 0.6) is 0 Å². The van der Waals surface area contributed by atoms with E-state index in [1.54, 1.807) is 18.3 Å². The molecule has 0 aliphatic rings. The fourth-order valence-corrected chi connectivity index (χ4v) is 1.45. The second kappa shape index (κ2) is 4.54. The van der Waals surface area contributed by atoms with Crippen molar-refractivity contribution in [1.82, 2.24) is 4.98 Å². The SMILES string of the molecule is N#CCc1ccc(-c2cccc(F)c2)cn1. The summed E-state index contributed by atoms with van der Waals surface area (Å²) in [7, 11) is 0. The molecule has 0 saturated carbocycles. The number of nitriles is 1. The Morgan fingerprint density at radius 2 is 2.06 bits per heavy atom. The first-order chi connectivity index (χ1) is 7.79. The molecule has 16 heavy (non-hydrogen) atoms. The largest absolute Gasteiger partial charge is 0.260 e. The van der Waals surface area contributed by atoms with Gasteiger partial charge in [-0.25, -0.2) is 4.39 Å². The highest BCUT2D eigenvalue weighted by Gasteiger charge is 2.00. The molecule has 78 valence electrons. The maximum Gasteiger partial charge on any atom is 0.123 e. The zero-order valence-corrected chi connectivity index (χ0v) is 8.52. The fourth-order valence-electron chi connectivity index (χ4n) is 1.45. The summed E-state index contributed by atoms with van der Waals surface area (Å²) in [5.74, 6) is -0.265. The number of hydrogen-bond acceptors (Lipinski definition) is 2. The van der Waals surface area contributed by atoms with E-state index in [0.29, 0.717) is 6.42 Å². The summed E-state index contributed by atoms with van der Waals surface area (Å²) in [6.45, 7) is 0. The van der Waals surface area contributed by atoms with Crippen LogP contribution >= 0.6 is 0 Å². The van der Waals surface area contributed by atoms with Crippen LogP contribution in [0.2, 0.25) is 0 Å². The molecule has 0 atom stereocenters. The Kier molecular flexibility index (Phi) is 2.93. The molecule has 3 heteroatoms. The van der Waals surface area contributed by atoms with E-state index in [1.165, 1.54) is 12.1 Å². The number of nitrogens with zero attached hydrogens (tertiary/aromatic N) is 2. The number of benzene rings is 1. The van der Waals surface area contributed by atoms with E-state index in [0.717, 1.165) is 16.8 Å². The maximum absolute atomic E-state index is 13.0. The van der Waals surface area contributed by atoms with Crippen molar-refractivity contribution >= 4 is 0 Å². The first-order valence-electron chi connectivity index (χ1n) is 4.87. The summed E-state index contributed by atoms with van der Waals surface area (Å²) in [6, 6.07) is 12.0. The number of pyridine rings is 1. The maximum atomic E-state index is 13.0. The smallest absolute Gasteiger partial charge is 0.123 e. The lowest BCUT2D eigenvalue weighted by atomic mass is 10.1. The van der Waals surface area contributed by atoms with Gasteiger partial charge in [0, 0.05) is 11.8 Å². The highest BCUT2D eigenvalue weighted by Crippen LogP contribution is 2.19. The molecule has 0 spiro atoms. The van der Waals surface area contributed by atoms with Crippen molar-refractivity contribution in [3.63, 3.8) is 0 Å². The molecule has 0 fully saturated rings. The number of halogens is 1. The van der Waals surface area contributed by atoms with Gasteiger partial charge in [0.15, 0.2) is 0 Å². The van der Waals surface area contributed by atoms with Crippen molar-refractivity contribution in [2.45, 2.75) is 6.42 Å². The van der Waals surface area contributed by atoms with E-state index in [9.17, 15) is 4.39 Å². The Labute approximate surface area is 93.0 Å². The highest BCUT2D eigenvalue weighted by molar-refractivity contribution is 5.62. The number of rotatable bonds is 2. The minimum Gasteiger partial charge on any atom is -0.260 e. The fraction of sp³-hybridized carbons (Fsp3) is 0.0769. The van der Waals surface area contributed by atoms with Crippen LogP contribution in [0.3, 0.4) is 0 Å². The molecule has 0 unspecified atom stereocenters. The van der Waals surface area contributed by atoms with Crippen molar-refractivity contribution in [1.29, 1.82) is 5.26 Å². The standard InChI is InChI=1S/C13H9FN2/c14-12-3-1-2-10(8-12)11-4-5-13(6-7-15)16-9-11/h1-5,8-9H,6H2. The van der Waals surface area contributed by atoms with E-state index < -0.39 is 0 Å². The van der Waals surface area contributed by atoms with E-state index in [-0.39, 0.29) is 5.82 Å². The average Bonchev–Trinajstić information content (AvgIpc) is 2.30. The Bertz CT molecular complexity index is 526. The van der Waals surface area contributed by atoms with Crippen LogP contribution < -0.4 is 0 Å². The van der Waals surface area contributed by atoms with Gasteiger partial charge in [-0.1, -0.05) is 18.2 Å². The molecule has 0 radical (unpaired) electrons. The van der Waals surface area contributed by atoms with Gasteiger partial charge in [-0.15, -0.1) is 0 Å². The van der Waals surface area contributed by atoms with Crippen molar-refractivity contribution in [3.8, 4) is 17.2 Å². The average molecular weight is 212 g/mol. The normalized spacial score (nSPS) is 9.75. The van der Waals surface area contributed by atoms with Gasteiger partial charge < -0.3 is 0 Å². The quantitative estimate of drug-likeness (QED) is 0.767. The third-order valence-electron chi connectivity index (χ3n) is 2.24. The first kappa shape index (κ1) is 10.3. The zero-order valence-electron chi connectivity index (χ0n) is 8.52. The molecule has 1 aromatic carbocycles. The Morgan fingerprint density at radius 3 is 2.69 bits per heavy atom. The monoisotopic (exact) mass is 212 g/mol. The van der Waals surface area contributed by atoms with Crippen LogP contribution in [0.4, 0.5) is 4.39 Å². The molecule has 0 aliphatic heterocycles. The van der Waals surface area contributed by atoms with E-state index in [2.05, 4.69) is 4.98 Å². The lowest BCUT2D eigenvalue weighted by Crippen LogP contribution is -1.88. The molecule has 1 aromatic heterocycles. The van der Waals surface area contributed by atoms with Gasteiger partial charge >= 0.3 is 0 Å². The third-order valence-corrected chi connectivity index (χ3v) is 2.24.